The van der Waals surface area contributed by atoms with E-state index in [2.05, 4.69) is 30.9 Å². The van der Waals surface area contributed by atoms with E-state index in [0.717, 1.165) is 32.2 Å². The zero-order valence-corrected chi connectivity index (χ0v) is 22.7. The predicted octanol–water partition coefficient (Wildman–Crippen LogP) is 6.00. The number of nitrogens with zero attached hydrogens (tertiary/aromatic N) is 1. The van der Waals surface area contributed by atoms with Crippen molar-refractivity contribution in [2.75, 3.05) is 26.3 Å². The lowest BCUT2D eigenvalue weighted by molar-refractivity contribution is -0.143. The Hall–Kier alpha value is -1.37. The molecule has 3 rings (SSSR count). The Morgan fingerprint density at radius 2 is 2.09 bits per heavy atom. The first-order valence-corrected chi connectivity index (χ1v) is 13.5. The Bertz CT molecular complexity index is 916. The van der Waals surface area contributed by atoms with Crippen LogP contribution >= 0.6 is 23.2 Å². The van der Waals surface area contributed by atoms with E-state index < -0.39 is 6.10 Å². The molecular weight excluding hydrogens is 485 g/mol. The lowest BCUT2D eigenvalue weighted by Gasteiger charge is -2.31. The van der Waals surface area contributed by atoms with Gasteiger partial charge in [0.2, 0.25) is 0 Å². The van der Waals surface area contributed by atoms with E-state index in [1.54, 1.807) is 0 Å². The van der Waals surface area contributed by atoms with Crippen molar-refractivity contribution >= 4 is 29.2 Å². The number of aliphatic hydroxyl groups excluding tert-OH is 1. The second kappa shape index (κ2) is 13.8. The van der Waals surface area contributed by atoms with Crippen LogP contribution < -0.4 is 0 Å². The molecule has 0 bridgehead atoms. The topological polar surface area (TPSA) is 59.0 Å². The van der Waals surface area contributed by atoms with Crippen LogP contribution in [-0.4, -0.2) is 60.5 Å². The summed E-state index contributed by atoms with van der Waals surface area (Å²) in [4.78, 5) is 14.2. The van der Waals surface area contributed by atoms with E-state index in [1.165, 1.54) is 16.7 Å². The molecule has 1 aliphatic carbocycles. The van der Waals surface area contributed by atoms with Gasteiger partial charge < -0.3 is 14.6 Å². The molecule has 1 N–H and O–H groups in total. The fourth-order valence-corrected chi connectivity index (χ4v) is 5.59. The zero-order valence-electron chi connectivity index (χ0n) is 21.1. The molecule has 3 unspecified atom stereocenters. The number of rotatable bonds is 12. The van der Waals surface area contributed by atoms with Gasteiger partial charge in [-0.05, 0) is 77.1 Å². The Kier molecular flexibility index (Phi) is 11.1. The van der Waals surface area contributed by atoms with Gasteiger partial charge in [-0.3, -0.25) is 9.69 Å². The molecule has 5 nitrogen and oxygen atoms in total. The van der Waals surface area contributed by atoms with Crippen LogP contribution in [0.2, 0.25) is 10.0 Å². The van der Waals surface area contributed by atoms with Crippen molar-refractivity contribution in [2.45, 2.75) is 77.5 Å². The van der Waals surface area contributed by atoms with E-state index >= 15 is 0 Å². The van der Waals surface area contributed by atoms with Crippen LogP contribution in [0.1, 0.15) is 58.4 Å². The summed E-state index contributed by atoms with van der Waals surface area (Å²) in [6, 6.07) is 6.19. The lowest BCUT2D eigenvalue weighted by Crippen LogP contribution is -2.40. The summed E-state index contributed by atoms with van der Waals surface area (Å²) < 4.78 is 11.3. The second-order valence-corrected chi connectivity index (χ2v) is 10.5. The Labute approximate surface area is 220 Å². The van der Waals surface area contributed by atoms with Crippen LogP contribution in [0.4, 0.5) is 0 Å². The molecular formula is C28H39Cl2NO4. The van der Waals surface area contributed by atoms with Gasteiger partial charge in [0.1, 0.15) is 0 Å². The monoisotopic (exact) mass is 523 g/mol. The summed E-state index contributed by atoms with van der Waals surface area (Å²) in [7, 11) is 0. The van der Waals surface area contributed by atoms with Gasteiger partial charge in [0.15, 0.2) is 0 Å². The number of benzene rings is 1. The second-order valence-electron chi connectivity index (χ2n) is 9.69. The Balaban J connectivity index is 1.49. The number of β-amino-alcohol motifs (C(OH)–C–C–N with tert-alkyl or cyclic N) is 1. The number of likely N-dealkylation sites (tertiary alicyclic amines) is 1. The molecule has 1 aromatic rings. The van der Waals surface area contributed by atoms with Crippen LogP contribution in [0.5, 0.6) is 0 Å². The van der Waals surface area contributed by atoms with Crippen molar-refractivity contribution in [1.29, 1.82) is 0 Å². The van der Waals surface area contributed by atoms with Gasteiger partial charge in [-0.25, -0.2) is 0 Å². The smallest absolute Gasteiger partial charge is 0.306 e. The predicted molar refractivity (Wildman–Crippen MR) is 142 cm³/mol. The molecule has 0 radical (unpaired) electrons. The summed E-state index contributed by atoms with van der Waals surface area (Å²) >= 11 is 12.2. The molecule has 0 amide bonds. The first-order chi connectivity index (χ1) is 16.8. The van der Waals surface area contributed by atoms with E-state index in [1.807, 2.05) is 25.1 Å². The van der Waals surface area contributed by atoms with E-state index in [4.69, 9.17) is 32.7 Å². The average molecular weight is 525 g/mol. The largest absolute Gasteiger partial charge is 0.466 e. The van der Waals surface area contributed by atoms with Crippen molar-refractivity contribution in [2.24, 2.45) is 5.92 Å². The summed E-state index contributed by atoms with van der Waals surface area (Å²) in [6.07, 6.45) is 8.75. The molecule has 1 heterocycles. The number of esters is 1. The standard InChI is InChI=1S/C28H39Cl2NO4/c1-4-34-28(33)13-11-24-19(2)7-5-9-25(24)20(3)35-18-23(32)17-31-14-6-8-22(31)15-21-10-12-26(29)27(30)16-21/h5,7,10,12,16,20,22-23,25,32H,4,6,8-9,11,13-15,17-18H2,1-3H3/t20?,22-,23?,25?/m0/s1. The van der Waals surface area contributed by atoms with E-state index in [0.29, 0.717) is 48.7 Å². The number of carbonyl (C=O) groups is 1. The molecule has 194 valence electrons. The van der Waals surface area contributed by atoms with Crippen LogP contribution in [0, 0.1) is 5.92 Å². The maximum absolute atomic E-state index is 11.9. The third-order valence-electron chi connectivity index (χ3n) is 7.13. The summed E-state index contributed by atoms with van der Waals surface area (Å²) in [5.74, 6) is 0.0435. The minimum atomic E-state index is -0.556. The maximum atomic E-state index is 11.9. The lowest BCUT2D eigenvalue weighted by atomic mass is 9.81. The minimum Gasteiger partial charge on any atom is -0.466 e. The third kappa shape index (κ3) is 8.33. The average Bonchev–Trinajstić information content (AvgIpc) is 3.25. The summed E-state index contributed by atoms with van der Waals surface area (Å²) in [5.41, 5.74) is 3.62. The van der Waals surface area contributed by atoms with Crippen molar-refractivity contribution in [1.82, 2.24) is 4.90 Å². The highest BCUT2D eigenvalue weighted by Crippen LogP contribution is 2.33. The van der Waals surface area contributed by atoms with Crippen molar-refractivity contribution in [3.63, 3.8) is 0 Å². The molecule has 2 aliphatic rings. The van der Waals surface area contributed by atoms with E-state index in [9.17, 15) is 9.90 Å². The molecule has 0 spiro atoms. The molecule has 7 heteroatoms. The molecule has 1 fully saturated rings. The number of aliphatic hydroxyl groups is 1. The van der Waals surface area contributed by atoms with Crippen LogP contribution in [-0.2, 0) is 20.7 Å². The number of hydrogen-bond donors (Lipinski definition) is 1. The molecule has 35 heavy (non-hydrogen) atoms. The zero-order chi connectivity index (χ0) is 25.4. The number of allylic oxidation sites excluding steroid dienone is 3. The number of hydrogen-bond acceptors (Lipinski definition) is 5. The van der Waals surface area contributed by atoms with Gasteiger partial charge in [0, 0.05) is 24.9 Å². The molecule has 0 aromatic heterocycles. The van der Waals surface area contributed by atoms with Crippen molar-refractivity contribution in [3.8, 4) is 0 Å². The number of halogens is 2. The number of ether oxygens (including phenoxy) is 2. The minimum absolute atomic E-state index is 0.0488. The third-order valence-corrected chi connectivity index (χ3v) is 7.87. The first kappa shape index (κ1) is 28.2. The molecule has 1 aliphatic heterocycles. The molecule has 1 aromatic carbocycles. The quantitative estimate of drug-likeness (QED) is 0.340. The van der Waals surface area contributed by atoms with Gasteiger partial charge in [-0.15, -0.1) is 0 Å². The SMILES string of the molecule is CCOC(=O)CCC1=C(C)C=CCC1C(C)OCC(O)CN1CCC[C@H]1Cc1ccc(Cl)c(Cl)c1. The van der Waals surface area contributed by atoms with Crippen molar-refractivity contribution in [3.05, 3.63) is 57.1 Å². The van der Waals surface area contributed by atoms with Crippen LogP contribution in [0.3, 0.4) is 0 Å². The Morgan fingerprint density at radius 3 is 2.83 bits per heavy atom. The summed E-state index contributed by atoms with van der Waals surface area (Å²) in [5, 5.41) is 11.9. The number of carbonyl (C=O) groups excluding carboxylic acids is 1. The first-order valence-electron chi connectivity index (χ1n) is 12.8. The fourth-order valence-electron chi connectivity index (χ4n) is 5.27. The van der Waals surface area contributed by atoms with E-state index in [-0.39, 0.29) is 18.0 Å². The normalized spacial score (nSPS) is 22.5. The Morgan fingerprint density at radius 1 is 1.29 bits per heavy atom. The van der Waals surface area contributed by atoms with Gasteiger partial charge in [-0.2, -0.15) is 0 Å². The van der Waals surface area contributed by atoms with Crippen LogP contribution in [0.25, 0.3) is 0 Å². The highest BCUT2D eigenvalue weighted by molar-refractivity contribution is 6.42. The molecule has 4 atom stereocenters. The maximum Gasteiger partial charge on any atom is 0.306 e. The fraction of sp³-hybridized carbons (Fsp3) is 0.607. The van der Waals surface area contributed by atoms with Crippen molar-refractivity contribution < 1.29 is 19.4 Å². The van der Waals surface area contributed by atoms with Crippen LogP contribution in [0.15, 0.2) is 41.5 Å². The highest BCUT2D eigenvalue weighted by Gasteiger charge is 2.29. The van der Waals surface area contributed by atoms with Gasteiger partial charge in [-0.1, -0.05) is 52.6 Å². The molecule has 1 saturated heterocycles. The summed E-state index contributed by atoms with van der Waals surface area (Å²) in [6.45, 7) is 8.25. The van der Waals surface area contributed by atoms with Gasteiger partial charge in [0.25, 0.3) is 0 Å². The van der Waals surface area contributed by atoms with Gasteiger partial charge >= 0.3 is 5.97 Å². The van der Waals surface area contributed by atoms with Gasteiger partial charge in [0.05, 0.1) is 35.5 Å². The highest BCUT2D eigenvalue weighted by atomic mass is 35.5. The molecule has 0 saturated carbocycles.